The SMILES string of the molecule is O=S(=O)(NCCc1ncn[nH]1)c1[nH]ncc1CO. The third kappa shape index (κ3) is 2.72. The molecule has 0 aliphatic carbocycles. The number of rotatable bonds is 6. The summed E-state index contributed by atoms with van der Waals surface area (Å²) in [4.78, 5) is 3.87. The molecule has 18 heavy (non-hydrogen) atoms. The van der Waals surface area contributed by atoms with Gasteiger partial charge in [-0.25, -0.2) is 18.1 Å². The van der Waals surface area contributed by atoms with Crippen LogP contribution >= 0.6 is 0 Å². The van der Waals surface area contributed by atoms with E-state index in [0.29, 0.717) is 12.2 Å². The van der Waals surface area contributed by atoms with Crippen molar-refractivity contribution in [3.8, 4) is 0 Å². The van der Waals surface area contributed by atoms with Crippen LogP contribution in [0.25, 0.3) is 0 Å². The third-order valence-electron chi connectivity index (χ3n) is 2.24. The molecule has 0 spiro atoms. The molecule has 0 radical (unpaired) electrons. The third-order valence-corrected chi connectivity index (χ3v) is 3.71. The molecule has 0 aliphatic heterocycles. The van der Waals surface area contributed by atoms with Gasteiger partial charge in [0.05, 0.1) is 12.8 Å². The minimum atomic E-state index is -3.70. The highest BCUT2D eigenvalue weighted by Crippen LogP contribution is 2.10. The summed E-state index contributed by atoms with van der Waals surface area (Å²) in [5.74, 6) is 0.588. The van der Waals surface area contributed by atoms with Crippen molar-refractivity contribution in [2.75, 3.05) is 6.54 Å². The van der Waals surface area contributed by atoms with Crippen LogP contribution in [0.3, 0.4) is 0 Å². The largest absolute Gasteiger partial charge is 0.392 e. The van der Waals surface area contributed by atoms with Gasteiger partial charge in [-0.2, -0.15) is 10.2 Å². The van der Waals surface area contributed by atoms with Crippen molar-refractivity contribution in [2.45, 2.75) is 18.1 Å². The van der Waals surface area contributed by atoms with E-state index < -0.39 is 16.6 Å². The second-order valence-corrected chi connectivity index (χ2v) is 5.17. The van der Waals surface area contributed by atoms with Gasteiger partial charge in [-0.15, -0.1) is 0 Å². The van der Waals surface area contributed by atoms with Crippen molar-refractivity contribution >= 4 is 10.0 Å². The van der Waals surface area contributed by atoms with Gasteiger partial charge in [0, 0.05) is 18.5 Å². The first-order valence-electron chi connectivity index (χ1n) is 5.10. The fourth-order valence-electron chi connectivity index (χ4n) is 1.37. The lowest BCUT2D eigenvalue weighted by Gasteiger charge is -2.04. The molecule has 2 aromatic heterocycles. The van der Waals surface area contributed by atoms with E-state index >= 15 is 0 Å². The summed E-state index contributed by atoms with van der Waals surface area (Å²) in [5.41, 5.74) is 0.224. The Morgan fingerprint density at radius 1 is 1.33 bits per heavy atom. The highest BCUT2D eigenvalue weighted by Gasteiger charge is 2.19. The maximum Gasteiger partial charge on any atom is 0.257 e. The van der Waals surface area contributed by atoms with Gasteiger partial charge in [0.2, 0.25) is 0 Å². The Hall–Kier alpha value is -1.78. The average molecular weight is 272 g/mol. The normalized spacial score (nSPS) is 11.8. The molecule has 9 nitrogen and oxygen atoms in total. The summed E-state index contributed by atoms with van der Waals surface area (Å²) in [6.45, 7) is -0.226. The molecule has 0 amide bonds. The number of aliphatic hydroxyl groups excluding tert-OH is 1. The predicted octanol–water partition coefficient (Wildman–Crippen LogP) is -1.46. The van der Waals surface area contributed by atoms with Crippen molar-refractivity contribution in [1.82, 2.24) is 30.1 Å². The van der Waals surface area contributed by atoms with Crippen LogP contribution in [-0.2, 0) is 23.1 Å². The molecule has 98 valence electrons. The monoisotopic (exact) mass is 272 g/mol. The van der Waals surface area contributed by atoms with Crippen LogP contribution in [0.2, 0.25) is 0 Å². The first kappa shape index (κ1) is 12.7. The zero-order chi connectivity index (χ0) is 13.0. The molecule has 4 N–H and O–H groups in total. The van der Waals surface area contributed by atoms with Crippen LogP contribution < -0.4 is 4.72 Å². The second-order valence-electron chi connectivity index (χ2n) is 3.46. The number of nitrogens with zero attached hydrogens (tertiary/aromatic N) is 3. The van der Waals surface area contributed by atoms with E-state index in [4.69, 9.17) is 5.11 Å². The van der Waals surface area contributed by atoms with Gasteiger partial charge in [-0.3, -0.25) is 10.2 Å². The molecule has 0 saturated heterocycles. The molecular weight excluding hydrogens is 260 g/mol. The average Bonchev–Trinajstić information content (AvgIpc) is 2.99. The Kier molecular flexibility index (Phi) is 3.69. The molecular formula is C8H12N6O3S. The highest BCUT2D eigenvalue weighted by atomic mass is 32.2. The lowest BCUT2D eigenvalue weighted by molar-refractivity contribution is 0.278. The lowest BCUT2D eigenvalue weighted by Crippen LogP contribution is -2.27. The molecule has 10 heteroatoms. The van der Waals surface area contributed by atoms with Crippen molar-refractivity contribution in [3.63, 3.8) is 0 Å². The first-order chi connectivity index (χ1) is 8.63. The van der Waals surface area contributed by atoms with Crippen LogP contribution in [0, 0.1) is 0 Å². The molecule has 0 atom stereocenters. The summed E-state index contributed by atoms with van der Waals surface area (Å²) in [6.07, 6.45) is 3.01. The van der Waals surface area contributed by atoms with Crippen LogP contribution in [-0.4, -0.2) is 45.4 Å². The molecule has 2 aromatic rings. The summed E-state index contributed by atoms with van der Waals surface area (Å²) >= 11 is 0. The van der Waals surface area contributed by atoms with Gasteiger partial charge >= 0.3 is 0 Å². The smallest absolute Gasteiger partial charge is 0.257 e. The number of aliphatic hydroxyl groups is 1. The van der Waals surface area contributed by atoms with Crippen LogP contribution in [0.5, 0.6) is 0 Å². The van der Waals surface area contributed by atoms with Gasteiger partial charge in [-0.05, 0) is 0 Å². The molecule has 2 heterocycles. The molecule has 0 bridgehead atoms. The minimum absolute atomic E-state index is 0.123. The van der Waals surface area contributed by atoms with Crippen molar-refractivity contribution in [1.29, 1.82) is 0 Å². The van der Waals surface area contributed by atoms with E-state index in [2.05, 4.69) is 30.1 Å². The fourth-order valence-corrected chi connectivity index (χ4v) is 2.52. The van der Waals surface area contributed by atoms with Gasteiger partial charge in [0.15, 0.2) is 5.03 Å². The Morgan fingerprint density at radius 2 is 2.17 bits per heavy atom. The van der Waals surface area contributed by atoms with Crippen LogP contribution in [0.4, 0.5) is 0 Å². The van der Waals surface area contributed by atoms with E-state index in [0.717, 1.165) is 0 Å². The van der Waals surface area contributed by atoms with E-state index in [1.54, 1.807) is 0 Å². The van der Waals surface area contributed by atoms with E-state index in [9.17, 15) is 8.42 Å². The van der Waals surface area contributed by atoms with Crippen molar-refractivity contribution in [3.05, 3.63) is 23.9 Å². The number of aromatic amines is 2. The van der Waals surface area contributed by atoms with Crippen molar-refractivity contribution in [2.24, 2.45) is 0 Å². The standard InChI is InChI=1S/C8H12N6O3S/c15-4-6-3-10-14-8(6)18(16,17)12-2-1-7-9-5-11-13-7/h3,5,12,15H,1-2,4H2,(H,10,14)(H,9,11,13). The molecule has 2 rings (SSSR count). The molecule has 0 unspecified atom stereocenters. The molecule has 0 aromatic carbocycles. The number of H-pyrrole nitrogens is 2. The maximum atomic E-state index is 11.9. The lowest BCUT2D eigenvalue weighted by atomic mass is 10.4. The summed E-state index contributed by atoms with van der Waals surface area (Å²) < 4.78 is 26.1. The Morgan fingerprint density at radius 3 is 2.83 bits per heavy atom. The van der Waals surface area contributed by atoms with Gasteiger partial charge < -0.3 is 5.11 Å². The quantitative estimate of drug-likeness (QED) is 0.507. The molecule has 0 aliphatic rings. The number of hydrogen-bond donors (Lipinski definition) is 4. The summed E-state index contributed by atoms with van der Waals surface area (Å²) in [5, 5.41) is 21.1. The summed E-state index contributed by atoms with van der Waals surface area (Å²) in [7, 11) is -3.70. The van der Waals surface area contributed by atoms with Gasteiger partial charge in [-0.1, -0.05) is 0 Å². The first-order valence-corrected chi connectivity index (χ1v) is 6.59. The highest BCUT2D eigenvalue weighted by molar-refractivity contribution is 7.89. The van der Waals surface area contributed by atoms with E-state index in [1.165, 1.54) is 12.5 Å². The zero-order valence-corrected chi connectivity index (χ0v) is 10.1. The molecule has 0 saturated carbocycles. The van der Waals surface area contributed by atoms with Crippen LogP contribution in [0.1, 0.15) is 11.4 Å². The van der Waals surface area contributed by atoms with Crippen molar-refractivity contribution < 1.29 is 13.5 Å². The van der Waals surface area contributed by atoms with Crippen LogP contribution in [0.15, 0.2) is 17.6 Å². The summed E-state index contributed by atoms with van der Waals surface area (Å²) in [6, 6.07) is 0. The van der Waals surface area contributed by atoms with Gasteiger partial charge in [0.1, 0.15) is 12.2 Å². The number of nitrogens with one attached hydrogen (secondary N) is 3. The van der Waals surface area contributed by atoms with E-state index in [-0.39, 0.29) is 17.1 Å². The maximum absolute atomic E-state index is 11.9. The second kappa shape index (κ2) is 5.25. The fraction of sp³-hybridized carbons (Fsp3) is 0.375. The topological polar surface area (TPSA) is 137 Å². The van der Waals surface area contributed by atoms with Gasteiger partial charge in [0.25, 0.3) is 10.0 Å². The molecule has 0 fully saturated rings. The Balaban J connectivity index is 1.99. The van der Waals surface area contributed by atoms with E-state index in [1.807, 2.05) is 0 Å². The number of hydrogen-bond acceptors (Lipinski definition) is 6. The minimum Gasteiger partial charge on any atom is -0.392 e. The predicted molar refractivity (Wildman–Crippen MR) is 59.8 cm³/mol. The number of sulfonamides is 1. The number of aromatic nitrogens is 5. The Bertz CT molecular complexity index is 590. The Labute approximate surface area is 103 Å². The zero-order valence-electron chi connectivity index (χ0n) is 9.29.